The summed E-state index contributed by atoms with van der Waals surface area (Å²) in [6.07, 6.45) is -4.09. The van der Waals surface area contributed by atoms with E-state index in [4.69, 9.17) is 5.11 Å². The highest BCUT2D eigenvalue weighted by atomic mass is 19.4. The largest absolute Gasteiger partial charge is 0.480 e. The van der Waals surface area contributed by atoms with Gasteiger partial charge in [-0.1, -0.05) is 25.1 Å². The summed E-state index contributed by atoms with van der Waals surface area (Å²) in [7, 11) is 1.51. The van der Waals surface area contributed by atoms with Crippen LogP contribution in [-0.2, 0) is 17.5 Å². The molecule has 1 aromatic rings. The molecule has 19 heavy (non-hydrogen) atoms. The molecular formula is C13H16F3NO2. The minimum absolute atomic E-state index is 0.0551. The molecule has 0 aliphatic heterocycles. The van der Waals surface area contributed by atoms with Crippen molar-refractivity contribution in [1.29, 1.82) is 0 Å². The van der Waals surface area contributed by atoms with Gasteiger partial charge in [-0.05, 0) is 25.1 Å². The van der Waals surface area contributed by atoms with Crippen LogP contribution in [0.1, 0.15) is 24.5 Å². The van der Waals surface area contributed by atoms with E-state index in [0.717, 1.165) is 6.07 Å². The summed E-state index contributed by atoms with van der Waals surface area (Å²) in [6.45, 7) is 1.63. The average Bonchev–Trinajstić information content (AvgIpc) is 2.28. The molecule has 0 saturated heterocycles. The lowest BCUT2D eigenvalue weighted by atomic mass is 10.1. The number of carboxylic acid groups (broad SMARTS) is 1. The van der Waals surface area contributed by atoms with Gasteiger partial charge in [-0.3, -0.25) is 9.69 Å². The zero-order chi connectivity index (χ0) is 14.6. The Bertz CT molecular complexity index is 446. The molecule has 1 N–H and O–H groups in total. The molecule has 1 atom stereocenters. The maximum atomic E-state index is 12.8. The van der Waals surface area contributed by atoms with Crippen LogP contribution in [0.2, 0.25) is 0 Å². The van der Waals surface area contributed by atoms with Gasteiger partial charge in [0.2, 0.25) is 0 Å². The Morgan fingerprint density at radius 2 is 1.95 bits per heavy atom. The van der Waals surface area contributed by atoms with E-state index in [1.165, 1.54) is 30.1 Å². The first-order valence-electron chi connectivity index (χ1n) is 5.85. The van der Waals surface area contributed by atoms with Crippen LogP contribution in [-0.4, -0.2) is 29.1 Å². The third kappa shape index (κ3) is 3.96. The van der Waals surface area contributed by atoms with Crippen LogP contribution in [0.4, 0.5) is 13.2 Å². The summed E-state index contributed by atoms with van der Waals surface area (Å²) in [5.41, 5.74) is -0.640. The second-order valence-corrected chi connectivity index (χ2v) is 4.33. The summed E-state index contributed by atoms with van der Waals surface area (Å²) in [4.78, 5) is 12.4. The van der Waals surface area contributed by atoms with E-state index in [2.05, 4.69) is 0 Å². The molecule has 0 spiro atoms. The first kappa shape index (κ1) is 15.5. The monoisotopic (exact) mass is 275 g/mol. The molecule has 0 bridgehead atoms. The van der Waals surface area contributed by atoms with Crippen LogP contribution >= 0.6 is 0 Å². The normalized spacial score (nSPS) is 13.6. The van der Waals surface area contributed by atoms with Gasteiger partial charge >= 0.3 is 12.1 Å². The predicted molar refractivity (Wildman–Crippen MR) is 64.6 cm³/mol. The van der Waals surface area contributed by atoms with E-state index in [9.17, 15) is 18.0 Å². The first-order chi connectivity index (χ1) is 8.77. The van der Waals surface area contributed by atoms with Gasteiger partial charge in [0.15, 0.2) is 0 Å². The van der Waals surface area contributed by atoms with Crippen LogP contribution in [0.25, 0.3) is 0 Å². The van der Waals surface area contributed by atoms with Crippen molar-refractivity contribution >= 4 is 5.97 Å². The quantitative estimate of drug-likeness (QED) is 0.898. The van der Waals surface area contributed by atoms with Crippen LogP contribution < -0.4 is 0 Å². The number of likely N-dealkylation sites (N-methyl/N-ethyl adjacent to an activating group) is 1. The molecule has 0 heterocycles. The molecule has 0 amide bonds. The number of benzene rings is 1. The number of nitrogens with zero attached hydrogens (tertiary/aromatic N) is 1. The predicted octanol–water partition coefficient (Wildman–Crippen LogP) is 3.00. The fraction of sp³-hybridized carbons (Fsp3) is 0.462. The van der Waals surface area contributed by atoms with Gasteiger partial charge in [-0.25, -0.2) is 0 Å². The first-order valence-corrected chi connectivity index (χ1v) is 5.85. The summed E-state index contributed by atoms with van der Waals surface area (Å²) >= 11 is 0. The van der Waals surface area contributed by atoms with E-state index in [1.807, 2.05) is 0 Å². The summed E-state index contributed by atoms with van der Waals surface area (Å²) < 4.78 is 38.4. The van der Waals surface area contributed by atoms with Crippen molar-refractivity contribution in [3.8, 4) is 0 Å². The highest BCUT2D eigenvalue weighted by molar-refractivity contribution is 5.73. The number of halogens is 3. The topological polar surface area (TPSA) is 40.5 Å². The Labute approximate surface area is 109 Å². The molecule has 0 unspecified atom stereocenters. The van der Waals surface area contributed by atoms with Crippen molar-refractivity contribution < 1.29 is 23.1 Å². The lowest BCUT2D eigenvalue weighted by molar-refractivity contribution is -0.143. The molecule has 0 fully saturated rings. The molecule has 1 aromatic carbocycles. The van der Waals surface area contributed by atoms with Crippen molar-refractivity contribution in [3.05, 3.63) is 35.4 Å². The smallest absolute Gasteiger partial charge is 0.416 e. The van der Waals surface area contributed by atoms with E-state index >= 15 is 0 Å². The number of rotatable bonds is 5. The van der Waals surface area contributed by atoms with E-state index < -0.39 is 23.8 Å². The molecule has 3 nitrogen and oxygen atoms in total. The summed E-state index contributed by atoms with van der Waals surface area (Å²) in [5.74, 6) is -1.03. The van der Waals surface area contributed by atoms with Gasteiger partial charge in [-0.15, -0.1) is 0 Å². The van der Waals surface area contributed by atoms with Crippen LogP contribution in [0.15, 0.2) is 24.3 Å². The molecule has 0 aliphatic carbocycles. The van der Waals surface area contributed by atoms with E-state index in [0.29, 0.717) is 6.42 Å². The molecule has 106 valence electrons. The standard InChI is InChI=1S/C13H16F3NO2/c1-3-11(12(18)19)17(2)8-9-6-4-5-7-10(9)13(14,15)16/h4-7,11H,3,8H2,1-2H3,(H,18,19)/t11-/m0/s1. The summed E-state index contributed by atoms with van der Waals surface area (Å²) in [5, 5.41) is 8.99. The minimum Gasteiger partial charge on any atom is -0.480 e. The Morgan fingerprint density at radius 1 is 1.37 bits per heavy atom. The van der Waals surface area contributed by atoms with E-state index in [-0.39, 0.29) is 12.1 Å². The molecule has 0 aliphatic rings. The van der Waals surface area contributed by atoms with Gasteiger partial charge < -0.3 is 5.11 Å². The zero-order valence-electron chi connectivity index (χ0n) is 10.7. The fourth-order valence-electron chi connectivity index (χ4n) is 1.99. The molecular weight excluding hydrogens is 259 g/mol. The highest BCUT2D eigenvalue weighted by Crippen LogP contribution is 2.32. The Balaban J connectivity index is 2.97. The maximum Gasteiger partial charge on any atom is 0.416 e. The number of carboxylic acids is 1. The van der Waals surface area contributed by atoms with Crippen molar-refractivity contribution in [2.45, 2.75) is 32.1 Å². The second-order valence-electron chi connectivity index (χ2n) is 4.33. The molecule has 0 saturated carbocycles. The molecule has 0 radical (unpaired) electrons. The SMILES string of the molecule is CC[C@@H](C(=O)O)N(C)Cc1ccccc1C(F)(F)F. The fourth-order valence-corrected chi connectivity index (χ4v) is 1.99. The van der Waals surface area contributed by atoms with Gasteiger partial charge in [0.1, 0.15) is 6.04 Å². The van der Waals surface area contributed by atoms with Crippen LogP contribution in [0, 0.1) is 0 Å². The third-order valence-corrected chi connectivity index (χ3v) is 2.95. The number of alkyl halides is 3. The van der Waals surface area contributed by atoms with Crippen LogP contribution in [0.5, 0.6) is 0 Å². The Hall–Kier alpha value is -1.56. The Kier molecular flexibility index (Phi) is 4.94. The van der Waals surface area contributed by atoms with Crippen molar-refractivity contribution in [3.63, 3.8) is 0 Å². The summed E-state index contributed by atoms with van der Waals surface area (Å²) in [6, 6.07) is 4.42. The molecule has 0 aromatic heterocycles. The number of carbonyl (C=O) groups is 1. The van der Waals surface area contributed by atoms with Gasteiger partial charge in [-0.2, -0.15) is 13.2 Å². The second kappa shape index (κ2) is 6.06. The van der Waals surface area contributed by atoms with Gasteiger partial charge in [0, 0.05) is 6.54 Å². The van der Waals surface area contributed by atoms with Crippen molar-refractivity contribution in [2.24, 2.45) is 0 Å². The molecule has 1 rings (SSSR count). The molecule has 6 heteroatoms. The third-order valence-electron chi connectivity index (χ3n) is 2.95. The number of hydrogen-bond acceptors (Lipinski definition) is 2. The zero-order valence-corrected chi connectivity index (χ0v) is 10.7. The van der Waals surface area contributed by atoms with E-state index in [1.54, 1.807) is 6.92 Å². The highest BCUT2D eigenvalue weighted by Gasteiger charge is 2.33. The van der Waals surface area contributed by atoms with Crippen molar-refractivity contribution in [1.82, 2.24) is 4.90 Å². The number of hydrogen-bond donors (Lipinski definition) is 1. The average molecular weight is 275 g/mol. The lowest BCUT2D eigenvalue weighted by Gasteiger charge is -2.25. The van der Waals surface area contributed by atoms with Gasteiger partial charge in [0.05, 0.1) is 5.56 Å². The minimum atomic E-state index is -4.43. The Morgan fingerprint density at radius 3 is 2.42 bits per heavy atom. The van der Waals surface area contributed by atoms with Gasteiger partial charge in [0.25, 0.3) is 0 Å². The lowest BCUT2D eigenvalue weighted by Crippen LogP contribution is -2.37. The van der Waals surface area contributed by atoms with Crippen LogP contribution in [0.3, 0.4) is 0 Å². The maximum absolute atomic E-state index is 12.8. The van der Waals surface area contributed by atoms with Crippen molar-refractivity contribution in [2.75, 3.05) is 7.05 Å². The number of aliphatic carboxylic acids is 1.